The van der Waals surface area contributed by atoms with Crippen LogP contribution in [0.2, 0.25) is 0 Å². The Bertz CT molecular complexity index is 328. The van der Waals surface area contributed by atoms with Crippen molar-refractivity contribution >= 4 is 27.7 Å². The van der Waals surface area contributed by atoms with Gasteiger partial charge >= 0.3 is 0 Å². The molecule has 1 aromatic rings. The SMILES string of the molecule is OC1CSCC1CCOc1ccc(Br)cc1. The molecule has 1 N–H and O–H groups in total. The standard InChI is InChI=1S/C12H15BrO2S/c13-10-1-3-11(4-2-10)15-6-5-9-7-16-8-12(9)14/h1-4,9,12,14H,5-8H2. The predicted octanol–water partition coefficient (Wildman–Crippen LogP) is 2.94. The van der Waals surface area contributed by atoms with Crippen LogP contribution in [0.4, 0.5) is 0 Å². The first-order chi connectivity index (χ1) is 7.75. The van der Waals surface area contributed by atoms with Crippen molar-refractivity contribution in [1.29, 1.82) is 0 Å². The zero-order valence-electron chi connectivity index (χ0n) is 8.93. The fraction of sp³-hybridized carbons (Fsp3) is 0.500. The largest absolute Gasteiger partial charge is 0.494 e. The second kappa shape index (κ2) is 5.94. The van der Waals surface area contributed by atoms with E-state index in [1.54, 1.807) is 0 Å². The monoisotopic (exact) mass is 302 g/mol. The van der Waals surface area contributed by atoms with Gasteiger partial charge in [-0.2, -0.15) is 11.8 Å². The summed E-state index contributed by atoms with van der Waals surface area (Å²) >= 11 is 5.21. The van der Waals surface area contributed by atoms with Crippen LogP contribution in [-0.4, -0.2) is 29.3 Å². The molecule has 2 unspecified atom stereocenters. The molecule has 0 amide bonds. The van der Waals surface area contributed by atoms with E-state index in [0.29, 0.717) is 12.5 Å². The molecule has 4 heteroatoms. The zero-order chi connectivity index (χ0) is 11.4. The smallest absolute Gasteiger partial charge is 0.119 e. The lowest BCUT2D eigenvalue weighted by atomic mass is 10.0. The summed E-state index contributed by atoms with van der Waals surface area (Å²) in [5.74, 6) is 3.23. The van der Waals surface area contributed by atoms with E-state index in [-0.39, 0.29) is 6.10 Å². The average Bonchev–Trinajstić information content (AvgIpc) is 2.68. The van der Waals surface area contributed by atoms with E-state index in [4.69, 9.17) is 4.74 Å². The number of halogens is 1. The third-order valence-electron chi connectivity index (χ3n) is 2.74. The summed E-state index contributed by atoms with van der Waals surface area (Å²) in [6, 6.07) is 7.83. The van der Waals surface area contributed by atoms with Gasteiger partial charge in [0, 0.05) is 10.2 Å². The third kappa shape index (κ3) is 3.40. The molecule has 2 rings (SSSR count). The van der Waals surface area contributed by atoms with Crippen molar-refractivity contribution < 1.29 is 9.84 Å². The summed E-state index contributed by atoms with van der Waals surface area (Å²) in [5.41, 5.74) is 0. The fourth-order valence-corrected chi connectivity index (χ4v) is 3.33. The summed E-state index contributed by atoms with van der Waals surface area (Å²) in [6.07, 6.45) is 0.794. The molecule has 2 atom stereocenters. The van der Waals surface area contributed by atoms with Crippen molar-refractivity contribution in [3.05, 3.63) is 28.7 Å². The second-order valence-electron chi connectivity index (χ2n) is 3.96. The Labute approximate surface area is 109 Å². The van der Waals surface area contributed by atoms with E-state index in [9.17, 15) is 5.11 Å². The van der Waals surface area contributed by atoms with Gasteiger partial charge in [-0.3, -0.25) is 0 Å². The lowest BCUT2D eigenvalue weighted by molar-refractivity contribution is 0.132. The van der Waals surface area contributed by atoms with E-state index < -0.39 is 0 Å². The highest BCUT2D eigenvalue weighted by Gasteiger charge is 2.25. The van der Waals surface area contributed by atoms with Crippen molar-refractivity contribution in [1.82, 2.24) is 0 Å². The lowest BCUT2D eigenvalue weighted by Crippen LogP contribution is -2.20. The van der Waals surface area contributed by atoms with Crippen LogP contribution < -0.4 is 4.74 Å². The molecule has 2 nitrogen and oxygen atoms in total. The van der Waals surface area contributed by atoms with Crippen LogP contribution in [0.15, 0.2) is 28.7 Å². The van der Waals surface area contributed by atoms with E-state index >= 15 is 0 Å². The zero-order valence-corrected chi connectivity index (χ0v) is 11.3. The van der Waals surface area contributed by atoms with Crippen LogP contribution in [0.5, 0.6) is 5.75 Å². The van der Waals surface area contributed by atoms with Gasteiger partial charge in [-0.15, -0.1) is 0 Å². The molecule has 1 aliphatic rings. The molecule has 0 spiro atoms. The number of hydrogen-bond acceptors (Lipinski definition) is 3. The molecule has 0 radical (unpaired) electrons. The highest BCUT2D eigenvalue weighted by molar-refractivity contribution is 9.10. The van der Waals surface area contributed by atoms with Crippen molar-refractivity contribution in [2.45, 2.75) is 12.5 Å². The summed E-state index contributed by atoms with van der Waals surface area (Å²) in [4.78, 5) is 0. The molecule has 1 heterocycles. The van der Waals surface area contributed by atoms with Gasteiger partial charge in [0.05, 0.1) is 12.7 Å². The molecule has 1 aromatic carbocycles. The Morgan fingerprint density at radius 2 is 2.06 bits per heavy atom. The molecule has 0 aliphatic carbocycles. The number of ether oxygens (including phenoxy) is 1. The summed E-state index contributed by atoms with van der Waals surface area (Å²) in [7, 11) is 0. The van der Waals surface area contributed by atoms with Crippen molar-refractivity contribution in [2.75, 3.05) is 18.1 Å². The fourth-order valence-electron chi connectivity index (χ4n) is 1.72. The number of rotatable bonds is 4. The van der Waals surface area contributed by atoms with Crippen molar-refractivity contribution in [3.8, 4) is 5.75 Å². The lowest BCUT2D eigenvalue weighted by Gasteiger charge is -2.13. The molecule has 1 aliphatic heterocycles. The maximum Gasteiger partial charge on any atom is 0.119 e. The normalized spacial score (nSPS) is 24.6. The number of hydrogen-bond donors (Lipinski definition) is 1. The molecular weight excluding hydrogens is 288 g/mol. The third-order valence-corrected chi connectivity index (χ3v) is 4.51. The minimum absolute atomic E-state index is 0.140. The summed E-state index contributed by atoms with van der Waals surface area (Å²) < 4.78 is 6.69. The van der Waals surface area contributed by atoms with Crippen LogP contribution >= 0.6 is 27.7 Å². The van der Waals surface area contributed by atoms with Crippen LogP contribution in [-0.2, 0) is 0 Å². The van der Waals surface area contributed by atoms with E-state index in [2.05, 4.69) is 15.9 Å². The first-order valence-corrected chi connectivity index (χ1v) is 7.34. The van der Waals surface area contributed by atoms with Crippen LogP contribution in [0, 0.1) is 5.92 Å². The molecule has 16 heavy (non-hydrogen) atoms. The Hall–Kier alpha value is -0.190. The van der Waals surface area contributed by atoms with Crippen molar-refractivity contribution in [2.24, 2.45) is 5.92 Å². The Morgan fingerprint density at radius 1 is 1.31 bits per heavy atom. The molecule has 88 valence electrons. The molecular formula is C12H15BrO2S. The van der Waals surface area contributed by atoms with Gasteiger partial charge in [-0.05, 0) is 42.4 Å². The first kappa shape index (κ1) is 12.3. The highest BCUT2D eigenvalue weighted by Crippen LogP contribution is 2.27. The van der Waals surface area contributed by atoms with Gasteiger partial charge < -0.3 is 9.84 Å². The maximum atomic E-state index is 9.64. The van der Waals surface area contributed by atoms with E-state index in [0.717, 1.165) is 28.1 Å². The van der Waals surface area contributed by atoms with Gasteiger partial charge in [0.25, 0.3) is 0 Å². The molecule has 1 saturated heterocycles. The number of benzene rings is 1. The second-order valence-corrected chi connectivity index (χ2v) is 5.95. The molecule has 0 saturated carbocycles. The van der Waals surface area contributed by atoms with Crippen LogP contribution in [0.25, 0.3) is 0 Å². The van der Waals surface area contributed by atoms with Crippen LogP contribution in [0.1, 0.15) is 6.42 Å². The number of aliphatic hydroxyl groups excluding tert-OH is 1. The maximum absolute atomic E-state index is 9.64. The van der Waals surface area contributed by atoms with E-state index in [1.807, 2.05) is 36.0 Å². The first-order valence-electron chi connectivity index (χ1n) is 5.40. The van der Waals surface area contributed by atoms with Gasteiger partial charge in [0.15, 0.2) is 0 Å². The molecule has 0 aromatic heterocycles. The average molecular weight is 303 g/mol. The van der Waals surface area contributed by atoms with Gasteiger partial charge in [-0.25, -0.2) is 0 Å². The topological polar surface area (TPSA) is 29.5 Å². The van der Waals surface area contributed by atoms with Crippen LogP contribution in [0.3, 0.4) is 0 Å². The molecule has 1 fully saturated rings. The quantitative estimate of drug-likeness (QED) is 0.927. The molecule has 0 bridgehead atoms. The predicted molar refractivity (Wildman–Crippen MR) is 71.1 cm³/mol. The minimum Gasteiger partial charge on any atom is -0.494 e. The minimum atomic E-state index is -0.140. The van der Waals surface area contributed by atoms with Gasteiger partial charge in [0.1, 0.15) is 5.75 Å². The Kier molecular flexibility index (Phi) is 4.55. The number of aliphatic hydroxyl groups is 1. The van der Waals surface area contributed by atoms with Crippen molar-refractivity contribution in [3.63, 3.8) is 0 Å². The summed E-state index contributed by atoms with van der Waals surface area (Å²) in [6.45, 7) is 0.684. The number of thioether (sulfide) groups is 1. The van der Waals surface area contributed by atoms with E-state index in [1.165, 1.54) is 0 Å². The summed E-state index contributed by atoms with van der Waals surface area (Å²) in [5, 5.41) is 9.64. The Balaban J connectivity index is 1.73. The van der Waals surface area contributed by atoms with Gasteiger partial charge in [-0.1, -0.05) is 15.9 Å². The van der Waals surface area contributed by atoms with Gasteiger partial charge in [0.2, 0.25) is 0 Å². The Morgan fingerprint density at radius 3 is 2.69 bits per heavy atom. The highest BCUT2D eigenvalue weighted by atomic mass is 79.9.